The lowest BCUT2D eigenvalue weighted by Gasteiger charge is -2.17. The van der Waals surface area contributed by atoms with Gasteiger partial charge in [0.05, 0.1) is 34.6 Å². The number of fused-ring (bicyclic) bond motifs is 4. The molecule has 0 amide bonds. The highest BCUT2D eigenvalue weighted by atomic mass is 32.1. The Labute approximate surface area is 200 Å². The van der Waals surface area contributed by atoms with Crippen molar-refractivity contribution in [3.8, 4) is 22.5 Å². The van der Waals surface area contributed by atoms with E-state index in [-0.39, 0.29) is 5.97 Å². The number of benzene rings is 2. The number of ether oxygens (including phenoxy) is 1. The van der Waals surface area contributed by atoms with Gasteiger partial charge in [-0.05, 0) is 35.9 Å². The second-order valence-corrected chi connectivity index (χ2v) is 9.23. The van der Waals surface area contributed by atoms with Gasteiger partial charge in [-0.25, -0.2) is 14.8 Å². The van der Waals surface area contributed by atoms with Crippen LogP contribution in [0.2, 0.25) is 0 Å². The van der Waals surface area contributed by atoms with Crippen LogP contribution in [0.4, 0.5) is 11.6 Å². The Hall–Kier alpha value is -4.04. The molecule has 6 rings (SSSR count). The van der Waals surface area contributed by atoms with E-state index in [0.29, 0.717) is 10.8 Å². The highest BCUT2D eigenvalue weighted by molar-refractivity contribution is 7.21. The number of carbonyl (C=O) groups is 1. The summed E-state index contributed by atoms with van der Waals surface area (Å²) >= 11 is 1.39. The first kappa shape index (κ1) is 20.6. The minimum atomic E-state index is -0.338. The Kier molecular flexibility index (Phi) is 4.88. The van der Waals surface area contributed by atoms with Crippen LogP contribution >= 0.6 is 11.3 Å². The number of anilines is 2. The molecule has 3 heterocycles. The molecule has 168 valence electrons. The van der Waals surface area contributed by atoms with Crippen molar-refractivity contribution in [3.63, 3.8) is 0 Å². The number of hydrogen-bond donors (Lipinski definition) is 1. The summed E-state index contributed by atoms with van der Waals surface area (Å²) in [5, 5.41) is 9.14. The fourth-order valence-corrected chi connectivity index (χ4v) is 5.58. The van der Waals surface area contributed by atoms with Crippen molar-refractivity contribution in [2.24, 2.45) is 7.05 Å². The lowest BCUT2D eigenvalue weighted by Crippen LogP contribution is -2.08. The summed E-state index contributed by atoms with van der Waals surface area (Å²) in [5.41, 5.74) is 7.18. The lowest BCUT2D eigenvalue weighted by atomic mass is 9.91. The van der Waals surface area contributed by atoms with Gasteiger partial charge in [-0.2, -0.15) is 5.10 Å². The van der Waals surface area contributed by atoms with Crippen LogP contribution in [-0.2, 0) is 24.6 Å². The van der Waals surface area contributed by atoms with E-state index in [1.54, 1.807) is 0 Å². The first-order valence-corrected chi connectivity index (χ1v) is 11.8. The molecule has 0 radical (unpaired) electrons. The molecule has 1 N–H and O–H groups in total. The van der Waals surface area contributed by atoms with Crippen LogP contribution in [0.15, 0.2) is 60.8 Å². The molecular formula is C26H21N5O2S. The minimum absolute atomic E-state index is 0.338. The van der Waals surface area contributed by atoms with Gasteiger partial charge in [-0.1, -0.05) is 42.5 Å². The number of thiophene rings is 1. The lowest BCUT2D eigenvalue weighted by molar-refractivity contribution is 0.0606. The van der Waals surface area contributed by atoms with E-state index in [2.05, 4.69) is 22.4 Å². The number of hydrogen-bond acceptors (Lipinski definition) is 7. The van der Waals surface area contributed by atoms with Crippen molar-refractivity contribution < 1.29 is 9.53 Å². The maximum Gasteiger partial charge on any atom is 0.348 e. The largest absolute Gasteiger partial charge is 0.465 e. The van der Waals surface area contributed by atoms with E-state index in [1.165, 1.54) is 18.4 Å². The van der Waals surface area contributed by atoms with Crippen molar-refractivity contribution in [2.45, 2.75) is 12.8 Å². The molecule has 0 bridgehead atoms. The quantitative estimate of drug-likeness (QED) is 0.357. The first-order chi connectivity index (χ1) is 16.6. The minimum Gasteiger partial charge on any atom is -0.465 e. The van der Waals surface area contributed by atoms with Gasteiger partial charge in [0.25, 0.3) is 0 Å². The number of methoxy groups -OCH3 is 1. The topological polar surface area (TPSA) is 81.9 Å². The molecule has 0 saturated carbocycles. The van der Waals surface area contributed by atoms with Crippen LogP contribution in [0.25, 0.3) is 32.6 Å². The molecule has 1 aliphatic carbocycles. The van der Waals surface area contributed by atoms with Crippen LogP contribution in [0.1, 0.15) is 20.9 Å². The summed E-state index contributed by atoms with van der Waals surface area (Å²) in [6, 6.07) is 18.0. The average molecular weight is 468 g/mol. The van der Waals surface area contributed by atoms with Gasteiger partial charge in [0.15, 0.2) is 0 Å². The standard InChI is InChI=1S/C26H21N5O2S/c1-31-23(15-7-4-3-5-8-15)21-18(30-31)12-11-17-14-27-26(29-22(17)21)28-19-10-6-9-16-13-20(25(32)33-2)34-24(16)19/h3-10,13-14H,11-12H2,1-2H3,(H,27,28,29). The summed E-state index contributed by atoms with van der Waals surface area (Å²) in [6.45, 7) is 0. The molecule has 0 unspecified atom stereocenters. The molecule has 0 fully saturated rings. The van der Waals surface area contributed by atoms with E-state index in [4.69, 9.17) is 14.8 Å². The average Bonchev–Trinajstić information content (AvgIpc) is 3.45. The summed E-state index contributed by atoms with van der Waals surface area (Å²) in [4.78, 5) is 22.1. The summed E-state index contributed by atoms with van der Waals surface area (Å²) in [5.74, 6) is 0.171. The number of aryl methyl sites for hydroxylation is 3. The van der Waals surface area contributed by atoms with E-state index in [1.807, 2.05) is 60.4 Å². The van der Waals surface area contributed by atoms with Gasteiger partial charge in [0.2, 0.25) is 5.95 Å². The summed E-state index contributed by atoms with van der Waals surface area (Å²) in [7, 11) is 3.38. The predicted molar refractivity (Wildman–Crippen MR) is 134 cm³/mol. The number of carbonyl (C=O) groups excluding carboxylic acids is 1. The smallest absolute Gasteiger partial charge is 0.348 e. The maximum absolute atomic E-state index is 12.0. The van der Waals surface area contributed by atoms with E-state index < -0.39 is 0 Å². The Morgan fingerprint density at radius 3 is 2.79 bits per heavy atom. The SMILES string of the molecule is COC(=O)c1cc2cccc(Nc3ncc4c(n3)-c3c(nn(C)c3-c3ccccc3)CC4)c2s1. The number of nitrogens with zero attached hydrogens (tertiary/aromatic N) is 4. The second-order valence-electron chi connectivity index (χ2n) is 8.18. The van der Waals surface area contributed by atoms with Crippen LogP contribution in [-0.4, -0.2) is 32.8 Å². The van der Waals surface area contributed by atoms with Gasteiger partial charge in [-0.3, -0.25) is 4.68 Å². The highest BCUT2D eigenvalue weighted by Gasteiger charge is 2.27. The third-order valence-electron chi connectivity index (χ3n) is 6.08. The third-order valence-corrected chi connectivity index (χ3v) is 7.24. The van der Waals surface area contributed by atoms with Crippen LogP contribution in [0, 0.1) is 0 Å². The van der Waals surface area contributed by atoms with Crippen molar-refractivity contribution >= 4 is 39.0 Å². The molecular weight excluding hydrogens is 446 g/mol. The number of aromatic nitrogens is 4. The fourth-order valence-electron chi connectivity index (χ4n) is 4.53. The van der Waals surface area contributed by atoms with Crippen molar-refractivity contribution in [3.05, 3.63) is 76.9 Å². The molecule has 34 heavy (non-hydrogen) atoms. The zero-order valence-electron chi connectivity index (χ0n) is 18.7. The predicted octanol–water partition coefficient (Wildman–Crippen LogP) is 5.39. The van der Waals surface area contributed by atoms with Gasteiger partial charge in [0.1, 0.15) is 4.88 Å². The molecule has 3 aromatic heterocycles. The second kappa shape index (κ2) is 8.07. The highest BCUT2D eigenvalue weighted by Crippen LogP contribution is 2.40. The molecule has 0 spiro atoms. The molecule has 8 heteroatoms. The molecule has 5 aromatic rings. The molecule has 2 aromatic carbocycles. The van der Waals surface area contributed by atoms with Crippen molar-refractivity contribution in [1.29, 1.82) is 0 Å². The van der Waals surface area contributed by atoms with Gasteiger partial charge in [0, 0.05) is 24.4 Å². The van der Waals surface area contributed by atoms with Crippen LogP contribution in [0.3, 0.4) is 0 Å². The number of rotatable bonds is 4. The molecule has 0 aliphatic heterocycles. The Balaban J connectivity index is 1.43. The van der Waals surface area contributed by atoms with Crippen molar-refractivity contribution in [2.75, 3.05) is 12.4 Å². The van der Waals surface area contributed by atoms with E-state index in [9.17, 15) is 4.79 Å². The zero-order chi connectivity index (χ0) is 23.2. The van der Waals surface area contributed by atoms with Gasteiger partial charge < -0.3 is 10.1 Å². The van der Waals surface area contributed by atoms with Crippen LogP contribution in [0.5, 0.6) is 0 Å². The summed E-state index contributed by atoms with van der Waals surface area (Å²) in [6.07, 6.45) is 3.63. The third kappa shape index (κ3) is 3.34. The van der Waals surface area contributed by atoms with Gasteiger partial charge in [-0.15, -0.1) is 11.3 Å². The first-order valence-electron chi connectivity index (χ1n) is 11.0. The van der Waals surface area contributed by atoms with Gasteiger partial charge >= 0.3 is 5.97 Å². The molecule has 7 nitrogen and oxygen atoms in total. The Morgan fingerprint density at radius 2 is 1.97 bits per heavy atom. The zero-order valence-corrected chi connectivity index (χ0v) is 19.5. The molecule has 0 atom stereocenters. The fraction of sp³-hybridized carbons (Fsp3) is 0.154. The Bertz CT molecular complexity index is 1550. The van der Waals surface area contributed by atoms with Crippen LogP contribution < -0.4 is 5.32 Å². The number of esters is 1. The van der Waals surface area contributed by atoms with E-state index in [0.717, 1.165) is 62.4 Å². The number of nitrogens with one attached hydrogen (secondary N) is 1. The molecule has 1 aliphatic rings. The maximum atomic E-state index is 12.0. The van der Waals surface area contributed by atoms with E-state index >= 15 is 0 Å². The Morgan fingerprint density at radius 1 is 1.12 bits per heavy atom. The summed E-state index contributed by atoms with van der Waals surface area (Å²) < 4.78 is 7.79. The van der Waals surface area contributed by atoms with Crippen molar-refractivity contribution in [1.82, 2.24) is 19.7 Å². The monoisotopic (exact) mass is 467 g/mol. The normalized spacial score (nSPS) is 12.3. The molecule has 0 saturated heterocycles.